The number of hydrogen-bond acceptors (Lipinski definition) is 5. The first-order valence-electron chi connectivity index (χ1n) is 4.62. The molecule has 0 aliphatic carbocycles. The van der Waals surface area contributed by atoms with Crippen molar-refractivity contribution in [1.82, 2.24) is 9.97 Å². The average molecular weight is 197 g/mol. The fraction of sp³-hybridized carbons (Fsp3) is 0.556. The first kappa shape index (κ1) is 10.9. The van der Waals surface area contributed by atoms with Gasteiger partial charge in [-0.3, -0.25) is 0 Å². The molecule has 0 amide bonds. The topological polar surface area (TPSA) is 67.3 Å². The number of ether oxygens (including phenoxy) is 1. The Bertz CT molecular complexity index is 231. The normalized spacial score (nSPS) is 10.1. The molecule has 0 unspecified atom stereocenters. The van der Waals surface area contributed by atoms with Crippen molar-refractivity contribution in [3.63, 3.8) is 0 Å². The number of aliphatic hydroxyl groups excluding tert-OH is 1. The Balaban J connectivity index is 1.99. The van der Waals surface area contributed by atoms with Crippen molar-refractivity contribution in [3.05, 3.63) is 18.6 Å². The van der Waals surface area contributed by atoms with Crippen molar-refractivity contribution in [1.29, 1.82) is 0 Å². The summed E-state index contributed by atoms with van der Waals surface area (Å²) in [7, 11) is 0. The fourth-order valence-corrected chi connectivity index (χ4v) is 0.953. The maximum absolute atomic E-state index is 8.44. The monoisotopic (exact) mass is 197 g/mol. The van der Waals surface area contributed by atoms with E-state index in [1.54, 1.807) is 6.20 Å². The number of aromatic nitrogens is 2. The van der Waals surface area contributed by atoms with Crippen LogP contribution in [0.3, 0.4) is 0 Å². The maximum atomic E-state index is 8.44. The molecule has 5 nitrogen and oxygen atoms in total. The van der Waals surface area contributed by atoms with Crippen molar-refractivity contribution < 1.29 is 9.84 Å². The Morgan fingerprint density at radius 3 is 3.07 bits per heavy atom. The van der Waals surface area contributed by atoms with Crippen LogP contribution in [0.1, 0.15) is 6.42 Å². The summed E-state index contributed by atoms with van der Waals surface area (Å²) in [5.74, 6) is 0.821. The van der Waals surface area contributed by atoms with Crippen molar-refractivity contribution in [3.8, 4) is 0 Å². The van der Waals surface area contributed by atoms with Gasteiger partial charge in [-0.05, 0) is 12.5 Å². The van der Waals surface area contributed by atoms with Gasteiger partial charge in [0, 0.05) is 19.3 Å². The van der Waals surface area contributed by atoms with Crippen LogP contribution in [0.15, 0.2) is 18.6 Å². The van der Waals surface area contributed by atoms with E-state index in [0.717, 1.165) is 18.8 Å². The minimum atomic E-state index is 0.0827. The molecule has 0 spiro atoms. The summed E-state index contributed by atoms with van der Waals surface area (Å²) in [6, 6.07) is 1.81. The van der Waals surface area contributed by atoms with Gasteiger partial charge in [0.25, 0.3) is 0 Å². The van der Waals surface area contributed by atoms with Gasteiger partial charge in [-0.2, -0.15) is 0 Å². The Labute approximate surface area is 83.2 Å². The molecule has 0 fully saturated rings. The highest BCUT2D eigenvalue weighted by Crippen LogP contribution is 1.97. The van der Waals surface area contributed by atoms with E-state index < -0.39 is 0 Å². The highest BCUT2D eigenvalue weighted by atomic mass is 16.5. The van der Waals surface area contributed by atoms with Gasteiger partial charge < -0.3 is 15.2 Å². The smallest absolute Gasteiger partial charge is 0.129 e. The van der Waals surface area contributed by atoms with Crippen molar-refractivity contribution in [2.45, 2.75) is 6.42 Å². The summed E-state index contributed by atoms with van der Waals surface area (Å²) in [6.07, 6.45) is 4.09. The summed E-state index contributed by atoms with van der Waals surface area (Å²) in [5, 5.41) is 11.6. The van der Waals surface area contributed by atoms with E-state index in [0.29, 0.717) is 13.2 Å². The number of anilines is 1. The molecule has 0 aliphatic rings. The van der Waals surface area contributed by atoms with Gasteiger partial charge in [-0.1, -0.05) is 0 Å². The molecule has 1 heterocycles. The van der Waals surface area contributed by atoms with Crippen LogP contribution in [0.25, 0.3) is 0 Å². The second kappa shape index (κ2) is 7.23. The summed E-state index contributed by atoms with van der Waals surface area (Å²) in [5.41, 5.74) is 0. The van der Waals surface area contributed by atoms with Crippen molar-refractivity contribution >= 4 is 5.82 Å². The van der Waals surface area contributed by atoms with E-state index in [-0.39, 0.29) is 6.61 Å². The van der Waals surface area contributed by atoms with Gasteiger partial charge in [0.15, 0.2) is 0 Å². The zero-order valence-electron chi connectivity index (χ0n) is 8.02. The van der Waals surface area contributed by atoms with Crippen LogP contribution >= 0.6 is 0 Å². The average Bonchev–Trinajstić information content (AvgIpc) is 2.25. The Kier molecular flexibility index (Phi) is 5.62. The predicted molar refractivity (Wildman–Crippen MR) is 53.0 cm³/mol. The van der Waals surface area contributed by atoms with Crippen molar-refractivity contribution in [2.24, 2.45) is 0 Å². The van der Waals surface area contributed by atoms with E-state index in [2.05, 4.69) is 15.3 Å². The summed E-state index contributed by atoms with van der Waals surface area (Å²) < 4.78 is 5.10. The molecule has 0 saturated carbocycles. The molecular weight excluding hydrogens is 182 g/mol. The molecule has 0 bridgehead atoms. The van der Waals surface area contributed by atoms with Gasteiger partial charge in [-0.25, -0.2) is 9.97 Å². The Hall–Kier alpha value is -1.20. The van der Waals surface area contributed by atoms with E-state index in [1.165, 1.54) is 6.33 Å². The highest BCUT2D eigenvalue weighted by Gasteiger charge is 1.91. The van der Waals surface area contributed by atoms with E-state index in [4.69, 9.17) is 9.84 Å². The molecule has 0 aromatic carbocycles. The van der Waals surface area contributed by atoms with Crippen LogP contribution < -0.4 is 5.32 Å². The third-order valence-electron chi connectivity index (χ3n) is 1.59. The quantitative estimate of drug-likeness (QED) is 0.615. The van der Waals surface area contributed by atoms with Crippen LogP contribution in [0.5, 0.6) is 0 Å². The van der Waals surface area contributed by atoms with Crippen molar-refractivity contribution in [2.75, 3.05) is 31.7 Å². The van der Waals surface area contributed by atoms with E-state index in [9.17, 15) is 0 Å². The summed E-state index contributed by atoms with van der Waals surface area (Å²) in [6.45, 7) is 1.95. The molecule has 1 aromatic rings. The number of hydrogen-bond donors (Lipinski definition) is 2. The SMILES string of the molecule is OCCOCCCNc1ccncn1. The Morgan fingerprint density at radius 1 is 1.43 bits per heavy atom. The molecule has 1 rings (SSSR count). The lowest BCUT2D eigenvalue weighted by Crippen LogP contribution is -2.08. The molecule has 78 valence electrons. The molecule has 2 N–H and O–H groups in total. The number of nitrogens with one attached hydrogen (secondary N) is 1. The second-order valence-corrected chi connectivity index (χ2v) is 2.71. The van der Waals surface area contributed by atoms with E-state index in [1.807, 2.05) is 6.07 Å². The van der Waals surface area contributed by atoms with Crippen LogP contribution in [0.4, 0.5) is 5.82 Å². The molecule has 0 atom stereocenters. The van der Waals surface area contributed by atoms with Gasteiger partial charge >= 0.3 is 0 Å². The molecule has 5 heteroatoms. The van der Waals surface area contributed by atoms with Gasteiger partial charge in [0.2, 0.25) is 0 Å². The molecule has 0 saturated heterocycles. The molecule has 1 aromatic heterocycles. The number of nitrogens with zero attached hydrogens (tertiary/aromatic N) is 2. The van der Waals surface area contributed by atoms with Gasteiger partial charge in [-0.15, -0.1) is 0 Å². The lowest BCUT2D eigenvalue weighted by atomic mass is 10.4. The lowest BCUT2D eigenvalue weighted by Gasteiger charge is -2.04. The zero-order valence-corrected chi connectivity index (χ0v) is 8.02. The van der Waals surface area contributed by atoms with Crippen LogP contribution in [-0.4, -0.2) is 41.4 Å². The standard InChI is InChI=1S/C9H15N3O2/c13-5-7-14-6-1-3-11-9-2-4-10-8-12-9/h2,4,8,13H,1,3,5-7H2,(H,10,11,12). The number of aliphatic hydroxyl groups is 1. The molecular formula is C9H15N3O2. The first-order valence-corrected chi connectivity index (χ1v) is 4.62. The summed E-state index contributed by atoms with van der Waals surface area (Å²) >= 11 is 0. The first-order chi connectivity index (χ1) is 6.93. The maximum Gasteiger partial charge on any atom is 0.129 e. The third-order valence-corrected chi connectivity index (χ3v) is 1.59. The predicted octanol–water partition coefficient (Wildman–Crippen LogP) is 0.287. The second-order valence-electron chi connectivity index (χ2n) is 2.71. The minimum Gasteiger partial charge on any atom is -0.394 e. The highest BCUT2D eigenvalue weighted by molar-refractivity contribution is 5.30. The third kappa shape index (κ3) is 4.74. The van der Waals surface area contributed by atoms with Gasteiger partial charge in [0.05, 0.1) is 13.2 Å². The Morgan fingerprint density at radius 2 is 2.36 bits per heavy atom. The summed E-state index contributed by atoms with van der Waals surface area (Å²) in [4.78, 5) is 7.82. The molecule has 0 radical (unpaired) electrons. The minimum absolute atomic E-state index is 0.0827. The fourth-order valence-electron chi connectivity index (χ4n) is 0.953. The lowest BCUT2D eigenvalue weighted by molar-refractivity contribution is 0.0922. The van der Waals surface area contributed by atoms with Crippen LogP contribution in [0.2, 0.25) is 0 Å². The van der Waals surface area contributed by atoms with E-state index >= 15 is 0 Å². The van der Waals surface area contributed by atoms with Crippen LogP contribution in [0, 0.1) is 0 Å². The van der Waals surface area contributed by atoms with Gasteiger partial charge in [0.1, 0.15) is 12.1 Å². The number of rotatable bonds is 7. The zero-order chi connectivity index (χ0) is 10.1. The largest absolute Gasteiger partial charge is 0.394 e. The molecule has 14 heavy (non-hydrogen) atoms. The van der Waals surface area contributed by atoms with Crippen LogP contribution in [-0.2, 0) is 4.74 Å². The molecule has 0 aliphatic heterocycles.